The van der Waals surface area contributed by atoms with E-state index in [9.17, 15) is 9.59 Å². The number of piperazine rings is 1. The third-order valence-electron chi connectivity index (χ3n) is 4.39. The molecule has 3 amide bonds. The van der Waals surface area contributed by atoms with Crippen molar-refractivity contribution in [1.29, 1.82) is 0 Å². The number of hydrogen-bond acceptors (Lipinski definition) is 5. The Balaban J connectivity index is 1.33. The molecule has 24 heavy (non-hydrogen) atoms. The number of amides is 3. The van der Waals surface area contributed by atoms with E-state index < -0.39 is 0 Å². The fraction of sp³-hybridized carbons (Fsp3) is 0.625. The molecule has 0 spiro atoms. The van der Waals surface area contributed by atoms with Crippen LogP contribution in [0.2, 0.25) is 0 Å². The molecule has 0 aromatic carbocycles. The summed E-state index contributed by atoms with van der Waals surface area (Å²) in [7, 11) is 0. The molecule has 1 aromatic heterocycles. The summed E-state index contributed by atoms with van der Waals surface area (Å²) in [5.41, 5.74) is 0. The lowest BCUT2D eigenvalue weighted by Gasteiger charge is -2.34. The highest BCUT2D eigenvalue weighted by atomic mass is 32.1. The van der Waals surface area contributed by atoms with Crippen LogP contribution in [-0.4, -0.2) is 92.2 Å². The predicted molar refractivity (Wildman–Crippen MR) is 92.5 cm³/mol. The maximum Gasteiger partial charge on any atom is 0.317 e. The number of hydrogen-bond donors (Lipinski definition) is 1. The van der Waals surface area contributed by atoms with Gasteiger partial charge in [0.1, 0.15) is 0 Å². The molecule has 7 nitrogen and oxygen atoms in total. The number of morpholine rings is 1. The first kappa shape index (κ1) is 17.2. The molecule has 0 atom stereocenters. The minimum Gasteiger partial charge on any atom is -0.378 e. The Morgan fingerprint density at radius 2 is 1.83 bits per heavy atom. The first-order valence-electron chi connectivity index (χ1n) is 8.40. The second-order valence-electron chi connectivity index (χ2n) is 5.94. The second-order valence-corrected chi connectivity index (χ2v) is 6.89. The van der Waals surface area contributed by atoms with Gasteiger partial charge in [-0.1, -0.05) is 6.07 Å². The van der Waals surface area contributed by atoms with E-state index in [1.807, 2.05) is 22.4 Å². The van der Waals surface area contributed by atoms with Crippen LogP contribution in [0, 0.1) is 0 Å². The van der Waals surface area contributed by atoms with E-state index in [2.05, 4.69) is 10.2 Å². The maximum atomic E-state index is 12.3. The van der Waals surface area contributed by atoms with Gasteiger partial charge in [0.05, 0.1) is 18.1 Å². The van der Waals surface area contributed by atoms with E-state index >= 15 is 0 Å². The predicted octanol–water partition coefficient (Wildman–Crippen LogP) is 0.548. The third-order valence-corrected chi connectivity index (χ3v) is 5.25. The highest BCUT2D eigenvalue weighted by molar-refractivity contribution is 7.12. The van der Waals surface area contributed by atoms with E-state index in [0.29, 0.717) is 32.8 Å². The number of ether oxygens (including phenoxy) is 1. The molecule has 0 aliphatic carbocycles. The largest absolute Gasteiger partial charge is 0.378 e. The van der Waals surface area contributed by atoms with Crippen molar-refractivity contribution in [3.63, 3.8) is 0 Å². The molecular weight excluding hydrogens is 328 g/mol. The van der Waals surface area contributed by atoms with Gasteiger partial charge in [-0.3, -0.25) is 9.69 Å². The van der Waals surface area contributed by atoms with Gasteiger partial charge in [-0.2, -0.15) is 0 Å². The minimum atomic E-state index is -0.00944. The van der Waals surface area contributed by atoms with E-state index in [1.165, 1.54) is 11.3 Å². The summed E-state index contributed by atoms with van der Waals surface area (Å²) in [4.78, 5) is 31.1. The molecule has 0 bridgehead atoms. The van der Waals surface area contributed by atoms with Gasteiger partial charge >= 0.3 is 6.03 Å². The number of nitrogens with one attached hydrogen (secondary N) is 1. The molecule has 3 rings (SSSR count). The van der Waals surface area contributed by atoms with Gasteiger partial charge in [0, 0.05) is 52.4 Å². The van der Waals surface area contributed by atoms with Crippen molar-refractivity contribution in [2.24, 2.45) is 0 Å². The minimum absolute atomic E-state index is 0.00944. The fourth-order valence-corrected chi connectivity index (χ4v) is 3.62. The SMILES string of the molecule is O=C(NCCN1CCN(C(=O)c2cccs2)CC1)N1CCOCC1. The van der Waals surface area contributed by atoms with Crippen molar-refractivity contribution in [1.82, 2.24) is 20.0 Å². The van der Waals surface area contributed by atoms with Crippen molar-refractivity contribution in [3.05, 3.63) is 22.4 Å². The molecule has 0 radical (unpaired) electrons. The van der Waals surface area contributed by atoms with Gasteiger partial charge in [0.15, 0.2) is 0 Å². The Hall–Kier alpha value is -1.64. The quantitative estimate of drug-likeness (QED) is 0.859. The van der Waals surface area contributed by atoms with Gasteiger partial charge in [0.2, 0.25) is 0 Å². The summed E-state index contributed by atoms with van der Waals surface area (Å²) in [6.45, 7) is 7.20. The van der Waals surface area contributed by atoms with Gasteiger partial charge in [-0.25, -0.2) is 4.79 Å². The standard InChI is InChI=1S/C16H24N4O3S/c21-15(14-2-1-13-24-14)19-7-5-18(6-8-19)4-3-17-16(22)20-9-11-23-12-10-20/h1-2,13H,3-12H2,(H,17,22). The van der Waals surface area contributed by atoms with Crippen molar-refractivity contribution in [3.8, 4) is 0 Å². The zero-order valence-corrected chi connectivity index (χ0v) is 14.6. The smallest absolute Gasteiger partial charge is 0.317 e. The number of urea groups is 1. The maximum absolute atomic E-state index is 12.3. The number of carbonyl (C=O) groups excluding carboxylic acids is 2. The van der Waals surface area contributed by atoms with Gasteiger partial charge in [-0.05, 0) is 11.4 Å². The summed E-state index contributed by atoms with van der Waals surface area (Å²) in [6, 6.07) is 3.77. The molecular formula is C16H24N4O3S. The lowest BCUT2D eigenvalue weighted by molar-refractivity contribution is 0.0526. The first-order chi connectivity index (χ1) is 11.7. The molecule has 8 heteroatoms. The Morgan fingerprint density at radius 1 is 1.08 bits per heavy atom. The number of rotatable bonds is 4. The molecule has 2 aliphatic rings. The van der Waals surface area contributed by atoms with Gasteiger partial charge < -0.3 is 19.9 Å². The molecule has 1 N–H and O–H groups in total. The van der Waals surface area contributed by atoms with Crippen LogP contribution in [0.3, 0.4) is 0 Å². The van der Waals surface area contributed by atoms with E-state index in [-0.39, 0.29) is 11.9 Å². The van der Waals surface area contributed by atoms with E-state index in [4.69, 9.17) is 4.74 Å². The molecule has 2 fully saturated rings. The first-order valence-corrected chi connectivity index (χ1v) is 9.27. The lowest BCUT2D eigenvalue weighted by atomic mass is 10.3. The summed E-state index contributed by atoms with van der Waals surface area (Å²) in [5.74, 6) is 0.130. The zero-order valence-electron chi connectivity index (χ0n) is 13.8. The van der Waals surface area contributed by atoms with Crippen molar-refractivity contribution in [2.75, 3.05) is 65.6 Å². The van der Waals surface area contributed by atoms with Crippen LogP contribution in [0.4, 0.5) is 4.79 Å². The highest BCUT2D eigenvalue weighted by Gasteiger charge is 2.22. The molecule has 1 aromatic rings. The van der Waals surface area contributed by atoms with Crippen molar-refractivity contribution in [2.45, 2.75) is 0 Å². The summed E-state index contributed by atoms with van der Waals surface area (Å²) < 4.78 is 5.24. The van der Waals surface area contributed by atoms with Crippen molar-refractivity contribution < 1.29 is 14.3 Å². The summed E-state index contributed by atoms with van der Waals surface area (Å²) in [5, 5.41) is 4.90. The topological polar surface area (TPSA) is 65.1 Å². The van der Waals surface area contributed by atoms with Crippen LogP contribution in [0.1, 0.15) is 9.67 Å². The zero-order chi connectivity index (χ0) is 16.8. The Bertz CT molecular complexity index is 538. The van der Waals surface area contributed by atoms with Crippen LogP contribution in [0.25, 0.3) is 0 Å². The number of carbonyl (C=O) groups is 2. The Kier molecular flexibility index (Phi) is 6.06. The normalized spacial score (nSPS) is 19.3. The van der Waals surface area contributed by atoms with E-state index in [1.54, 1.807) is 4.90 Å². The molecule has 132 valence electrons. The average molecular weight is 352 g/mol. The van der Waals surface area contributed by atoms with Crippen LogP contribution in [0.15, 0.2) is 17.5 Å². The van der Waals surface area contributed by atoms with E-state index in [0.717, 1.165) is 37.6 Å². The lowest BCUT2D eigenvalue weighted by Crippen LogP contribution is -2.51. The van der Waals surface area contributed by atoms with Crippen LogP contribution < -0.4 is 5.32 Å². The van der Waals surface area contributed by atoms with Gasteiger partial charge in [0.25, 0.3) is 5.91 Å². The Labute approximate surface area is 146 Å². The summed E-state index contributed by atoms with van der Waals surface area (Å²) >= 11 is 1.49. The van der Waals surface area contributed by atoms with Crippen LogP contribution in [-0.2, 0) is 4.74 Å². The molecule has 0 saturated carbocycles. The number of nitrogens with zero attached hydrogens (tertiary/aromatic N) is 3. The average Bonchev–Trinajstić information content (AvgIpc) is 3.17. The second kappa shape index (κ2) is 8.46. The third kappa shape index (κ3) is 4.46. The van der Waals surface area contributed by atoms with Crippen LogP contribution >= 0.6 is 11.3 Å². The Morgan fingerprint density at radius 3 is 2.50 bits per heavy atom. The summed E-state index contributed by atoms with van der Waals surface area (Å²) in [6.07, 6.45) is 0. The van der Waals surface area contributed by atoms with Crippen LogP contribution in [0.5, 0.6) is 0 Å². The molecule has 3 heterocycles. The fourth-order valence-electron chi connectivity index (χ4n) is 2.93. The monoisotopic (exact) mass is 352 g/mol. The molecule has 0 unspecified atom stereocenters. The highest BCUT2D eigenvalue weighted by Crippen LogP contribution is 2.13. The molecule has 2 aliphatic heterocycles. The number of thiophene rings is 1. The van der Waals surface area contributed by atoms with Gasteiger partial charge in [-0.15, -0.1) is 11.3 Å². The van der Waals surface area contributed by atoms with Crippen molar-refractivity contribution >= 4 is 23.3 Å². The molecule has 2 saturated heterocycles.